The van der Waals surface area contributed by atoms with Gasteiger partial charge in [-0.3, -0.25) is 0 Å². The Labute approximate surface area is 124 Å². The zero-order chi connectivity index (χ0) is 15.0. The summed E-state index contributed by atoms with van der Waals surface area (Å²) in [7, 11) is -2.08. The molecule has 5 heteroatoms. The van der Waals surface area contributed by atoms with E-state index in [1.165, 1.54) is 7.11 Å². The molecule has 3 rings (SSSR count). The van der Waals surface area contributed by atoms with Gasteiger partial charge in [-0.15, -0.1) is 0 Å². The molecule has 0 saturated carbocycles. The summed E-state index contributed by atoms with van der Waals surface area (Å²) in [6, 6.07) is 13.8. The molecule has 0 bridgehead atoms. The topological polar surface area (TPSA) is 69.4 Å². The predicted octanol–water partition coefficient (Wildman–Crippen LogP) is 2.09. The maximum atomic E-state index is 12.9. The third-order valence-electron chi connectivity index (χ3n) is 4.01. The van der Waals surface area contributed by atoms with E-state index in [0.717, 1.165) is 11.1 Å². The molecule has 0 aromatic heterocycles. The van der Waals surface area contributed by atoms with Crippen molar-refractivity contribution in [2.45, 2.75) is 22.6 Å². The molecule has 0 spiro atoms. The van der Waals surface area contributed by atoms with E-state index >= 15 is 0 Å². The van der Waals surface area contributed by atoms with Gasteiger partial charge in [-0.25, -0.2) is 8.42 Å². The lowest BCUT2D eigenvalue weighted by Crippen LogP contribution is -2.31. The minimum atomic E-state index is -3.55. The average molecular weight is 303 g/mol. The monoisotopic (exact) mass is 303 g/mol. The SMILES string of the molecule is COc1ccccc1S(=O)(=O)C1Cc2ccccc2C1N. The van der Waals surface area contributed by atoms with Gasteiger partial charge in [-0.05, 0) is 29.7 Å². The molecule has 0 saturated heterocycles. The standard InChI is InChI=1S/C16H17NO3S/c1-20-13-8-4-5-9-14(13)21(18,19)15-10-11-6-2-3-7-12(11)16(15)17/h2-9,15-16H,10,17H2,1H3. The van der Waals surface area contributed by atoms with Crippen LogP contribution in [0.1, 0.15) is 17.2 Å². The van der Waals surface area contributed by atoms with Crippen molar-refractivity contribution in [1.29, 1.82) is 0 Å². The van der Waals surface area contributed by atoms with Crippen LogP contribution in [-0.4, -0.2) is 20.8 Å². The average Bonchev–Trinajstić information content (AvgIpc) is 2.85. The molecule has 2 aromatic carbocycles. The molecular weight excluding hydrogens is 286 g/mol. The summed E-state index contributed by atoms with van der Waals surface area (Å²) in [4.78, 5) is 0.209. The Morgan fingerprint density at radius 1 is 1.10 bits per heavy atom. The third kappa shape index (κ3) is 2.22. The Balaban J connectivity index is 2.05. The van der Waals surface area contributed by atoms with Crippen molar-refractivity contribution in [2.24, 2.45) is 5.73 Å². The van der Waals surface area contributed by atoms with Gasteiger partial charge in [0.15, 0.2) is 9.84 Å². The second kappa shape index (κ2) is 5.16. The van der Waals surface area contributed by atoms with Gasteiger partial charge in [-0.1, -0.05) is 36.4 Å². The fourth-order valence-corrected chi connectivity index (χ4v) is 4.87. The third-order valence-corrected chi connectivity index (χ3v) is 6.22. The van der Waals surface area contributed by atoms with Crippen molar-refractivity contribution < 1.29 is 13.2 Å². The molecule has 1 aliphatic carbocycles. The lowest BCUT2D eigenvalue weighted by atomic mass is 10.1. The van der Waals surface area contributed by atoms with Gasteiger partial charge in [0, 0.05) is 6.04 Å². The number of para-hydroxylation sites is 1. The van der Waals surface area contributed by atoms with Crippen LogP contribution in [0.5, 0.6) is 5.75 Å². The Bertz CT molecular complexity index is 771. The molecule has 2 aromatic rings. The van der Waals surface area contributed by atoms with Crippen LogP contribution in [0.3, 0.4) is 0 Å². The Hall–Kier alpha value is -1.85. The van der Waals surface area contributed by atoms with E-state index in [4.69, 9.17) is 10.5 Å². The van der Waals surface area contributed by atoms with Crippen LogP contribution in [-0.2, 0) is 16.3 Å². The number of ether oxygens (including phenoxy) is 1. The molecule has 0 radical (unpaired) electrons. The number of methoxy groups -OCH3 is 1. The highest BCUT2D eigenvalue weighted by atomic mass is 32.2. The molecule has 2 atom stereocenters. The molecule has 110 valence electrons. The first-order valence-electron chi connectivity index (χ1n) is 6.76. The van der Waals surface area contributed by atoms with Gasteiger partial charge in [0.05, 0.1) is 12.4 Å². The van der Waals surface area contributed by atoms with Crippen molar-refractivity contribution in [1.82, 2.24) is 0 Å². The highest BCUT2D eigenvalue weighted by Gasteiger charge is 2.40. The second-order valence-electron chi connectivity index (χ2n) is 5.16. The number of fused-ring (bicyclic) bond motifs is 1. The number of rotatable bonds is 3. The number of benzene rings is 2. The van der Waals surface area contributed by atoms with Gasteiger partial charge in [-0.2, -0.15) is 0 Å². The number of sulfone groups is 1. The molecule has 2 unspecified atom stereocenters. The van der Waals surface area contributed by atoms with Crippen molar-refractivity contribution in [3.05, 3.63) is 59.7 Å². The molecule has 2 N–H and O–H groups in total. The lowest BCUT2D eigenvalue weighted by molar-refractivity contribution is 0.402. The number of hydrogen-bond donors (Lipinski definition) is 1. The van der Waals surface area contributed by atoms with Gasteiger partial charge in [0.2, 0.25) is 0 Å². The van der Waals surface area contributed by atoms with E-state index in [9.17, 15) is 8.42 Å². The summed E-state index contributed by atoms with van der Waals surface area (Å²) < 4.78 is 31.0. The van der Waals surface area contributed by atoms with Crippen molar-refractivity contribution in [3.8, 4) is 5.75 Å². The van der Waals surface area contributed by atoms with Crippen LogP contribution >= 0.6 is 0 Å². The zero-order valence-electron chi connectivity index (χ0n) is 11.7. The van der Waals surface area contributed by atoms with Crippen LogP contribution in [0.25, 0.3) is 0 Å². The Morgan fingerprint density at radius 3 is 2.48 bits per heavy atom. The molecule has 0 aliphatic heterocycles. The Morgan fingerprint density at radius 2 is 1.76 bits per heavy atom. The van der Waals surface area contributed by atoms with Crippen LogP contribution in [0.2, 0.25) is 0 Å². The molecule has 1 aliphatic rings. The highest BCUT2D eigenvalue weighted by molar-refractivity contribution is 7.92. The van der Waals surface area contributed by atoms with E-state index in [-0.39, 0.29) is 4.90 Å². The summed E-state index contributed by atoms with van der Waals surface area (Å²) in [6.07, 6.45) is 0.442. The van der Waals surface area contributed by atoms with E-state index in [1.807, 2.05) is 24.3 Å². The van der Waals surface area contributed by atoms with Crippen molar-refractivity contribution in [3.63, 3.8) is 0 Å². The summed E-state index contributed by atoms with van der Waals surface area (Å²) >= 11 is 0. The number of hydrogen-bond acceptors (Lipinski definition) is 4. The smallest absolute Gasteiger partial charge is 0.187 e. The maximum absolute atomic E-state index is 12.9. The van der Waals surface area contributed by atoms with E-state index < -0.39 is 21.1 Å². The van der Waals surface area contributed by atoms with Gasteiger partial charge in [0.1, 0.15) is 10.6 Å². The van der Waals surface area contributed by atoms with Crippen LogP contribution in [0.15, 0.2) is 53.4 Å². The number of nitrogens with two attached hydrogens (primary N) is 1. The first-order valence-corrected chi connectivity index (χ1v) is 8.30. The van der Waals surface area contributed by atoms with Crippen LogP contribution < -0.4 is 10.5 Å². The molecular formula is C16H17NO3S. The van der Waals surface area contributed by atoms with Crippen molar-refractivity contribution in [2.75, 3.05) is 7.11 Å². The Kier molecular flexibility index (Phi) is 3.47. The van der Waals surface area contributed by atoms with E-state index in [2.05, 4.69) is 0 Å². The van der Waals surface area contributed by atoms with E-state index in [0.29, 0.717) is 12.2 Å². The van der Waals surface area contributed by atoms with E-state index in [1.54, 1.807) is 24.3 Å². The largest absolute Gasteiger partial charge is 0.495 e. The highest BCUT2D eigenvalue weighted by Crippen LogP contribution is 2.38. The van der Waals surface area contributed by atoms with Gasteiger partial charge < -0.3 is 10.5 Å². The first-order chi connectivity index (χ1) is 10.1. The fraction of sp³-hybridized carbons (Fsp3) is 0.250. The first kappa shape index (κ1) is 14.1. The molecule has 4 nitrogen and oxygen atoms in total. The summed E-state index contributed by atoms with van der Waals surface area (Å²) in [5.74, 6) is 0.362. The zero-order valence-corrected chi connectivity index (χ0v) is 12.5. The molecule has 0 fully saturated rings. The quantitative estimate of drug-likeness (QED) is 0.942. The lowest BCUT2D eigenvalue weighted by Gasteiger charge is -2.18. The van der Waals surface area contributed by atoms with Gasteiger partial charge >= 0.3 is 0 Å². The van der Waals surface area contributed by atoms with Crippen LogP contribution in [0.4, 0.5) is 0 Å². The second-order valence-corrected chi connectivity index (χ2v) is 7.30. The maximum Gasteiger partial charge on any atom is 0.187 e. The van der Waals surface area contributed by atoms with Gasteiger partial charge in [0.25, 0.3) is 0 Å². The summed E-state index contributed by atoms with van der Waals surface area (Å²) in [5, 5.41) is -0.647. The van der Waals surface area contributed by atoms with Crippen LogP contribution in [0, 0.1) is 0 Å². The normalized spacial score (nSPS) is 21.0. The molecule has 21 heavy (non-hydrogen) atoms. The molecule has 0 heterocycles. The predicted molar refractivity (Wildman–Crippen MR) is 81.0 cm³/mol. The molecule has 0 amide bonds. The summed E-state index contributed by atoms with van der Waals surface area (Å²) in [6.45, 7) is 0. The minimum Gasteiger partial charge on any atom is -0.495 e. The summed E-state index contributed by atoms with van der Waals surface area (Å²) in [5.41, 5.74) is 8.11. The minimum absolute atomic E-state index is 0.209. The fourth-order valence-electron chi connectivity index (χ4n) is 2.91. The van der Waals surface area contributed by atoms with Crippen molar-refractivity contribution >= 4 is 9.84 Å².